The molecule has 23 heavy (non-hydrogen) atoms. The highest BCUT2D eigenvalue weighted by Gasteiger charge is 2.45. The fourth-order valence-corrected chi connectivity index (χ4v) is 2.83. The summed E-state index contributed by atoms with van der Waals surface area (Å²) in [5.74, 6) is -0.451. The summed E-state index contributed by atoms with van der Waals surface area (Å²) in [7, 11) is 0. The molecule has 136 valence electrons. The Morgan fingerprint density at radius 2 is 1.65 bits per heavy atom. The maximum absolute atomic E-state index is 12.5. The average molecular weight is 328 g/mol. The molecule has 0 amide bonds. The lowest BCUT2D eigenvalue weighted by molar-refractivity contribution is -0.178. The summed E-state index contributed by atoms with van der Waals surface area (Å²) in [5, 5.41) is 10.6. The predicted molar refractivity (Wildman–Crippen MR) is 94.2 cm³/mol. The van der Waals surface area contributed by atoms with E-state index in [2.05, 4.69) is 6.58 Å². The van der Waals surface area contributed by atoms with E-state index in [0.717, 1.165) is 6.42 Å². The first-order valence-corrected chi connectivity index (χ1v) is 8.60. The van der Waals surface area contributed by atoms with Gasteiger partial charge in [-0.15, -0.1) is 6.58 Å². The van der Waals surface area contributed by atoms with Gasteiger partial charge in [0.15, 0.2) is 0 Å². The normalized spacial score (nSPS) is 17.7. The largest absolute Gasteiger partial charge is 0.462 e. The zero-order valence-corrected chi connectivity index (χ0v) is 16.1. The molecule has 0 fully saturated rings. The monoisotopic (exact) mass is 328 g/mol. The Morgan fingerprint density at radius 1 is 1.13 bits per heavy atom. The molecule has 0 aliphatic heterocycles. The fourth-order valence-electron chi connectivity index (χ4n) is 2.83. The molecule has 0 bridgehead atoms. The van der Waals surface area contributed by atoms with Gasteiger partial charge in [-0.3, -0.25) is 4.79 Å². The van der Waals surface area contributed by atoms with Crippen LogP contribution in [0.15, 0.2) is 12.7 Å². The number of aliphatic hydroxyl groups is 1. The lowest BCUT2D eigenvalue weighted by Crippen LogP contribution is -2.49. The summed E-state index contributed by atoms with van der Waals surface area (Å²) in [5.41, 5.74) is -0.844. The molecule has 4 atom stereocenters. The Balaban J connectivity index is 5.40. The van der Waals surface area contributed by atoms with Crippen molar-refractivity contribution in [2.24, 2.45) is 17.3 Å². The van der Waals surface area contributed by atoms with Crippen LogP contribution in [0.4, 0.5) is 0 Å². The first-order valence-electron chi connectivity index (χ1n) is 8.60. The number of rotatable bonds is 10. The second-order valence-corrected chi connectivity index (χ2v) is 7.63. The lowest BCUT2D eigenvalue weighted by Gasteiger charge is -2.40. The highest BCUT2D eigenvalue weighted by atomic mass is 16.5. The second kappa shape index (κ2) is 9.43. The fraction of sp³-hybridized carbons (Fsp3) is 0.842. The standard InChI is InChI=1S/C19H36O4/c1-10-11-14(6)16(20)15(7)17(22-12(2)3)19(8,9)18(21)23-13(4)5/h10,12-17,20H,1,11H2,2-9H3. The lowest BCUT2D eigenvalue weighted by atomic mass is 9.75. The van der Waals surface area contributed by atoms with Crippen LogP contribution in [-0.4, -0.2) is 35.5 Å². The summed E-state index contributed by atoms with van der Waals surface area (Å²) < 4.78 is 11.4. The molecule has 0 spiro atoms. The third-order valence-electron chi connectivity index (χ3n) is 4.14. The van der Waals surface area contributed by atoms with Crippen LogP contribution < -0.4 is 0 Å². The van der Waals surface area contributed by atoms with Crippen molar-refractivity contribution in [3.63, 3.8) is 0 Å². The van der Waals surface area contributed by atoms with Gasteiger partial charge in [-0.1, -0.05) is 19.9 Å². The quantitative estimate of drug-likeness (QED) is 0.487. The van der Waals surface area contributed by atoms with Gasteiger partial charge in [-0.2, -0.15) is 0 Å². The Labute approximate surface area is 142 Å². The molecular weight excluding hydrogens is 292 g/mol. The molecule has 0 aromatic rings. The van der Waals surface area contributed by atoms with Gasteiger partial charge in [0.05, 0.1) is 29.8 Å². The summed E-state index contributed by atoms with van der Waals surface area (Å²) in [4.78, 5) is 12.5. The van der Waals surface area contributed by atoms with E-state index < -0.39 is 17.6 Å². The van der Waals surface area contributed by atoms with Crippen LogP contribution in [0, 0.1) is 17.3 Å². The molecule has 4 heteroatoms. The summed E-state index contributed by atoms with van der Waals surface area (Å²) in [6.07, 6.45) is 1.28. The molecule has 0 aliphatic carbocycles. The van der Waals surface area contributed by atoms with E-state index in [1.54, 1.807) is 6.08 Å². The van der Waals surface area contributed by atoms with Crippen LogP contribution in [0.3, 0.4) is 0 Å². The SMILES string of the molecule is C=CCC(C)C(O)C(C)C(OC(C)C)C(C)(C)C(=O)OC(C)C. The van der Waals surface area contributed by atoms with E-state index in [4.69, 9.17) is 9.47 Å². The maximum Gasteiger partial charge on any atom is 0.314 e. The van der Waals surface area contributed by atoms with Gasteiger partial charge in [-0.05, 0) is 53.9 Å². The smallest absolute Gasteiger partial charge is 0.314 e. The Morgan fingerprint density at radius 3 is 2.04 bits per heavy atom. The molecule has 0 aromatic carbocycles. The Bertz CT molecular complexity index is 374. The van der Waals surface area contributed by atoms with E-state index in [9.17, 15) is 9.90 Å². The Kier molecular flexibility index (Phi) is 9.07. The van der Waals surface area contributed by atoms with E-state index in [-0.39, 0.29) is 30.0 Å². The Hall–Kier alpha value is -0.870. The predicted octanol–water partition coefficient (Wildman–Crippen LogP) is 3.97. The summed E-state index contributed by atoms with van der Waals surface area (Å²) in [6.45, 7) is 18.8. The summed E-state index contributed by atoms with van der Waals surface area (Å²) >= 11 is 0. The number of aliphatic hydroxyl groups excluding tert-OH is 1. The van der Waals surface area contributed by atoms with Crippen LogP contribution >= 0.6 is 0 Å². The van der Waals surface area contributed by atoms with Gasteiger partial charge in [0.1, 0.15) is 0 Å². The molecule has 0 aromatic heterocycles. The molecule has 0 aliphatic rings. The highest BCUT2D eigenvalue weighted by molar-refractivity contribution is 5.77. The molecule has 4 unspecified atom stereocenters. The minimum Gasteiger partial charge on any atom is -0.462 e. The van der Waals surface area contributed by atoms with Crippen molar-refractivity contribution in [3.05, 3.63) is 12.7 Å². The van der Waals surface area contributed by atoms with Crippen LogP contribution in [-0.2, 0) is 14.3 Å². The van der Waals surface area contributed by atoms with E-state index in [0.29, 0.717) is 0 Å². The maximum atomic E-state index is 12.5. The molecule has 0 heterocycles. The van der Waals surface area contributed by atoms with E-state index >= 15 is 0 Å². The van der Waals surface area contributed by atoms with Crippen molar-refractivity contribution in [1.29, 1.82) is 0 Å². The van der Waals surface area contributed by atoms with Gasteiger partial charge < -0.3 is 14.6 Å². The number of carbonyl (C=O) groups excluding carboxylic acids is 1. The van der Waals surface area contributed by atoms with Gasteiger partial charge in [-0.25, -0.2) is 0 Å². The van der Waals surface area contributed by atoms with Crippen LogP contribution in [0.5, 0.6) is 0 Å². The number of hydrogen-bond donors (Lipinski definition) is 1. The van der Waals surface area contributed by atoms with Gasteiger partial charge in [0.2, 0.25) is 0 Å². The zero-order chi connectivity index (χ0) is 18.4. The van der Waals surface area contributed by atoms with Crippen LogP contribution in [0.25, 0.3) is 0 Å². The van der Waals surface area contributed by atoms with Crippen LogP contribution in [0.2, 0.25) is 0 Å². The van der Waals surface area contributed by atoms with E-state index in [1.807, 2.05) is 55.4 Å². The topological polar surface area (TPSA) is 55.8 Å². The van der Waals surface area contributed by atoms with Crippen LogP contribution in [0.1, 0.15) is 61.8 Å². The molecule has 0 radical (unpaired) electrons. The number of ether oxygens (including phenoxy) is 2. The first-order chi connectivity index (χ1) is 10.4. The van der Waals surface area contributed by atoms with Crippen molar-refractivity contribution in [2.45, 2.75) is 86.2 Å². The van der Waals surface area contributed by atoms with Gasteiger partial charge in [0.25, 0.3) is 0 Å². The summed E-state index contributed by atoms with van der Waals surface area (Å²) in [6, 6.07) is 0. The average Bonchev–Trinajstić information content (AvgIpc) is 2.42. The van der Waals surface area contributed by atoms with Crippen molar-refractivity contribution in [3.8, 4) is 0 Å². The molecule has 0 saturated carbocycles. The molecular formula is C19H36O4. The van der Waals surface area contributed by atoms with Crippen molar-refractivity contribution < 1.29 is 19.4 Å². The van der Waals surface area contributed by atoms with Crippen molar-refractivity contribution >= 4 is 5.97 Å². The second-order valence-electron chi connectivity index (χ2n) is 7.63. The van der Waals surface area contributed by atoms with Gasteiger partial charge >= 0.3 is 5.97 Å². The third kappa shape index (κ3) is 6.64. The zero-order valence-electron chi connectivity index (χ0n) is 16.1. The van der Waals surface area contributed by atoms with Gasteiger partial charge in [0, 0.05) is 5.92 Å². The minimum atomic E-state index is -0.844. The molecule has 4 nitrogen and oxygen atoms in total. The molecule has 0 rings (SSSR count). The number of hydrogen-bond acceptors (Lipinski definition) is 4. The highest BCUT2D eigenvalue weighted by Crippen LogP contribution is 2.35. The first kappa shape index (κ1) is 22.1. The third-order valence-corrected chi connectivity index (χ3v) is 4.14. The number of carbonyl (C=O) groups is 1. The van der Waals surface area contributed by atoms with E-state index in [1.165, 1.54) is 0 Å². The molecule has 1 N–H and O–H groups in total. The minimum absolute atomic E-state index is 0.0458. The number of esters is 1. The van der Waals surface area contributed by atoms with Crippen molar-refractivity contribution in [1.82, 2.24) is 0 Å². The molecule has 0 saturated heterocycles. The van der Waals surface area contributed by atoms with Crippen molar-refractivity contribution in [2.75, 3.05) is 0 Å². The number of allylic oxidation sites excluding steroid dienone is 1.